The minimum Gasteiger partial charge on any atom is -0.693 e. The first-order chi connectivity index (χ1) is 25.8. The molecule has 5 saturated heterocycles. The van der Waals surface area contributed by atoms with Gasteiger partial charge in [-0.25, -0.2) is 0 Å². The first-order valence-electron chi connectivity index (χ1n) is 17.8. The molecule has 0 aliphatic carbocycles. The number of aliphatic carboxylic acids is 2. The van der Waals surface area contributed by atoms with Crippen molar-refractivity contribution in [2.75, 3.05) is 111 Å². The molecule has 5 fully saturated rings. The van der Waals surface area contributed by atoms with Gasteiger partial charge in [-0.15, -0.1) is 39.3 Å². The van der Waals surface area contributed by atoms with Crippen LogP contribution >= 0.6 is 0 Å². The number of hydrogen-bond acceptors (Lipinski definition) is 16. The average molecular weight is 1460 g/mol. The number of rotatable bonds is 6. The van der Waals surface area contributed by atoms with E-state index in [4.69, 9.17) is 51.1 Å². The maximum absolute atomic E-state index is 10.2. The minimum absolute atomic E-state index is 0. The molecule has 2 radical (unpaired) electrons. The van der Waals surface area contributed by atoms with Crippen LogP contribution in [0.15, 0.2) is 4.99 Å². The molecular weight excluding hydrogens is 1380 g/mol. The zero-order valence-corrected chi connectivity index (χ0v) is 50.9. The molecule has 0 aromatic carbocycles. The quantitative estimate of drug-likeness (QED) is 0.0867. The summed E-state index contributed by atoms with van der Waals surface area (Å²) in [5, 5.41) is 124. The van der Waals surface area contributed by atoms with Crippen LogP contribution in [-0.4, -0.2) is 258 Å². The van der Waals surface area contributed by atoms with Crippen LogP contribution in [0.1, 0.15) is 0 Å². The van der Waals surface area contributed by atoms with Crippen LogP contribution in [0, 0.1) is 142 Å². The van der Waals surface area contributed by atoms with Gasteiger partial charge in [0, 0.05) is 77.7 Å². The molecule has 380 valence electrons. The van der Waals surface area contributed by atoms with Crippen LogP contribution in [-0.2, 0) is 20.5 Å². The van der Waals surface area contributed by atoms with Gasteiger partial charge in [0.15, 0.2) is 0 Å². The molecular formula is C30H76La4N14O17. The largest absolute Gasteiger partial charge is 3.00 e. The van der Waals surface area contributed by atoms with Crippen LogP contribution in [0.2, 0.25) is 0 Å². The van der Waals surface area contributed by atoms with E-state index in [2.05, 4.69) is 63.5 Å². The van der Waals surface area contributed by atoms with E-state index in [1.54, 1.807) is 0 Å². The third-order valence-corrected chi connectivity index (χ3v) is 7.70. The Labute approximate surface area is 491 Å². The Morgan fingerprint density at radius 1 is 0.477 bits per heavy atom. The van der Waals surface area contributed by atoms with Crippen molar-refractivity contribution in [2.45, 2.75) is 61.4 Å². The normalized spacial score (nSPS) is 23.5. The fraction of sp³-hybridized carbons (Fsp3) is 0.900. The number of nitrogens with zero attached hydrogens (tertiary/aromatic N) is 7. The van der Waals surface area contributed by atoms with Crippen molar-refractivity contribution in [1.82, 2.24) is 26.6 Å². The van der Waals surface area contributed by atoms with Gasteiger partial charge in [-0.3, -0.25) is 9.59 Å². The molecule has 0 spiro atoms. The summed E-state index contributed by atoms with van der Waals surface area (Å²) >= 11 is 0. The number of carboxylic acids is 2. The number of carbonyl (C=O) groups is 2. The van der Waals surface area contributed by atoms with Crippen molar-refractivity contribution in [1.29, 1.82) is 0 Å². The Kier molecular flexibility index (Phi) is 87.1. The summed E-state index contributed by atoms with van der Waals surface area (Å²) in [6.45, 7) is 11.4. The Bertz CT molecular complexity index is 917. The second-order valence-electron chi connectivity index (χ2n) is 12.1. The van der Waals surface area contributed by atoms with Crippen LogP contribution in [0.25, 0.3) is 44.2 Å². The van der Waals surface area contributed by atoms with Crippen LogP contribution in [0.4, 0.5) is 0 Å². The monoisotopic (exact) mass is 1460 g/mol. The van der Waals surface area contributed by atoms with E-state index >= 15 is 0 Å². The van der Waals surface area contributed by atoms with Gasteiger partial charge in [0.2, 0.25) is 0 Å². The maximum atomic E-state index is 10.2. The smallest absolute Gasteiger partial charge is 0.693 e. The van der Waals surface area contributed by atoms with Gasteiger partial charge < -0.3 is 154 Å². The van der Waals surface area contributed by atoms with Crippen molar-refractivity contribution in [2.24, 2.45) is 4.99 Å². The van der Waals surface area contributed by atoms with E-state index in [0.29, 0.717) is 78.5 Å². The summed E-state index contributed by atoms with van der Waals surface area (Å²) in [5.41, 5.74) is 0. The van der Waals surface area contributed by atoms with Gasteiger partial charge in [0.05, 0.1) is 0 Å². The Morgan fingerprint density at radius 2 is 0.754 bits per heavy atom. The van der Waals surface area contributed by atoms with Gasteiger partial charge in [-0.05, 0) is 89.8 Å². The van der Waals surface area contributed by atoms with Gasteiger partial charge >= 0.3 is 71.2 Å². The average Bonchev–Trinajstić information content (AvgIpc) is 3.21. The van der Waals surface area contributed by atoms with Crippen LogP contribution in [0.3, 0.4) is 0 Å². The van der Waals surface area contributed by atoms with Gasteiger partial charge in [0.1, 0.15) is 25.2 Å². The number of hydrogen-bond donors (Lipinski definition) is 15. The summed E-state index contributed by atoms with van der Waals surface area (Å²) in [6, 6.07) is -2.49. The molecule has 65 heavy (non-hydrogen) atoms. The molecule has 6 unspecified atom stereocenters. The van der Waals surface area contributed by atoms with Crippen molar-refractivity contribution in [3.63, 3.8) is 0 Å². The molecule has 31 nitrogen and oxygen atoms in total. The Balaban J connectivity index is -0.0000000579. The molecule has 6 atom stereocenters. The SMILES string of the molecule is O.O.O.O=C(O)C1CNCC[N-]1.O=C(O)C1CNCC[N-]1.OC(O)C1C=NCC[N-]1.OC(O)C1CNCC[N-]1.OC(O)C1CNCC[N-]1.OC(O)C1CNCC[N-]1.[La+3].[La+3].[La].[La].[NH2-].[NH2-].[OH3+].[OH3+]. The molecule has 6 aliphatic rings. The van der Waals surface area contributed by atoms with Crippen molar-refractivity contribution >= 4 is 18.2 Å². The molecule has 35 heteroatoms. The standard InChI is InChI=1S/3C5H11N2O2.3C5H9N2O2.4La.2H2N.5H2O/c6*8-5(9)4-3-6-1-2-7-4;;;;;;;;;;;/h3*4-6,8-9H,1-3H2;2*4,6H,1-3H2,(H,8,9);3-5,8-9H,1-2H2;;;;;7*1H2/q6*-1;;;2*+3;2*-1;;;;;/p+2. The number of aliphatic hydroxyl groups excluding tert-OH is 4. The van der Waals surface area contributed by atoms with Crippen molar-refractivity contribution in [3.05, 3.63) is 44.2 Å². The molecule has 0 saturated carbocycles. The molecule has 6 rings (SSSR count). The Hall–Kier alpha value is 2.35. The molecule has 0 amide bonds. The molecule has 0 aromatic heterocycles. The van der Waals surface area contributed by atoms with E-state index in [-0.39, 0.29) is 200 Å². The fourth-order valence-electron chi connectivity index (χ4n) is 4.67. The number of carboxylic acid groups (broad SMARTS) is 2. The van der Waals surface area contributed by atoms with Gasteiger partial charge in [-0.2, -0.15) is 0 Å². The van der Waals surface area contributed by atoms with Gasteiger partial charge in [-0.1, -0.05) is 18.1 Å². The van der Waals surface area contributed by atoms with E-state index < -0.39 is 55.2 Å². The second-order valence-corrected chi connectivity index (χ2v) is 12.1. The van der Waals surface area contributed by atoms with E-state index in [1.165, 1.54) is 6.21 Å². The van der Waals surface area contributed by atoms with Crippen LogP contribution < -0.4 is 26.6 Å². The number of piperazine rings is 5. The third kappa shape index (κ3) is 49.7. The predicted octanol–water partition coefficient (Wildman–Crippen LogP) is -9.00. The minimum atomic E-state index is -1.38. The summed E-state index contributed by atoms with van der Waals surface area (Å²) in [4.78, 5) is 24.3. The first kappa shape index (κ1) is 93.4. The summed E-state index contributed by atoms with van der Waals surface area (Å²) < 4.78 is 0. The number of nitrogens with one attached hydrogen (secondary N) is 5. The molecule has 6 heterocycles. The van der Waals surface area contributed by atoms with E-state index in [9.17, 15) is 9.59 Å². The summed E-state index contributed by atoms with van der Waals surface area (Å²) in [6.07, 6.45) is -3.80. The van der Waals surface area contributed by atoms with E-state index in [0.717, 1.165) is 32.7 Å². The number of aliphatic imine (C=N–C) groups is 1. The van der Waals surface area contributed by atoms with Gasteiger partial charge in [0.25, 0.3) is 11.9 Å². The summed E-state index contributed by atoms with van der Waals surface area (Å²) in [5.74, 6) is -1.66. The fourth-order valence-corrected chi connectivity index (χ4v) is 4.67. The third-order valence-electron chi connectivity index (χ3n) is 7.70. The molecule has 31 N–H and O–H groups in total. The molecule has 0 bridgehead atoms. The predicted molar refractivity (Wildman–Crippen MR) is 229 cm³/mol. The van der Waals surface area contributed by atoms with Crippen molar-refractivity contribution < 1.29 is 230 Å². The Morgan fingerprint density at radius 3 is 0.877 bits per heavy atom. The maximum Gasteiger partial charge on any atom is 3.00 e. The number of nitrogens with two attached hydrogens (primary N) is 2. The van der Waals surface area contributed by atoms with E-state index in [1.807, 2.05) is 0 Å². The first-order valence-corrected chi connectivity index (χ1v) is 17.8. The second kappa shape index (κ2) is 60.7. The number of aliphatic hydroxyl groups is 8. The summed E-state index contributed by atoms with van der Waals surface area (Å²) in [7, 11) is 0. The topological polar surface area (TPSA) is 621 Å². The zero-order chi connectivity index (χ0) is 40.1. The molecule has 0 aromatic rings. The zero-order valence-electron chi connectivity index (χ0n) is 36.4. The van der Waals surface area contributed by atoms with Crippen LogP contribution in [0.5, 0.6) is 0 Å². The molecule has 6 aliphatic heterocycles. The van der Waals surface area contributed by atoms with Crippen molar-refractivity contribution in [3.8, 4) is 0 Å².